The molecule has 1 heterocycles. The average molecular weight is 354 g/mol. The summed E-state index contributed by atoms with van der Waals surface area (Å²) in [6.07, 6.45) is 0. The zero-order chi connectivity index (χ0) is 16.5. The first-order chi connectivity index (χ1) is 11.7. The largest absolute Gasteiger partial charge is 0.431 e. The third-order valence-electron chi connectivity index (χ3n) is 3.75. The normalized spacial score (nSPS) is 11.2. The lowest BCUT2D eigenvalue weighted by Gasteiger charge is -2.04. The predicted molar refractivity (Wildman–Crippen MR) is 98.0 cm³/mol. The van der Waals surface area contributed by atoms with E-state index < -0.39 is 0 Å². The first-order valence-corrected chi connectivity index (χ1v) is 8.77. The highest BCUT2D eigenvalue weighted by molar-refractivity contribution is 7.99. The van der Waals surface area contributed by atoms with Gasteiger partial charge in [-0.05, 0) is 29.0 Å². The van der Waals surface area contributed by atoms with Crippen molar-refractivity contribution in [3.8, 4) is 0 Å². The summed E-state index contributed by atoms with van der Waals surface area (Å²) in [6, 6.07) is 18.9. The van der Waals surface area contributed by atoms with E-state index in [4.69, 9.17) is 16.0 Å². The minimum atomic E-state index is 0.0529. The van der Waals surface area contributed by atoms with Gasteiger partial charge in [0.25, 0.3) is 5.22 Å². The highest BCUT2D eigenvalue weighted by Crippen LogP contribution is 2.27. The monoisotopic (exact) mass is 353 g/mol. The lowest BCUT2D eigenvalue weighted by molar-refractivity contribution is 0.102. The van der Waals surface area contributed by atoms with Crippen molar-refractivity contribution in [3.63, 3.8) is 0 Å². The van der Waals surface area contributed by atoms with Crippen molar-refractivity contribution in [1.82, 2.24) is 4.98 Å². The van der Waals surface area contributed by atoms with Crippen molar-refractivity contribution in [3.05, 3.63) is 71.2 Å². The molecule has 4 rings (SSSR count). The SMILES string of the molecule is O=C(CSc1nc2cc(Cl)ccc2o1)c1cccc2ccccc12. The number of oxazole rings is 1. The molecular formula is C19H12ClNO2S. The summed E-state index contributed by atoms with van der Waals surface area (Å²) in [7, 11) is 0. The number of hydrogen-bond donors (Lipinski definition) is 0. The Kier molecular flexibility index (Phi) is 4.00. The Labute approximate surface area is 147 Å². The molecule has 0 aliphatic carbocycles. The van der Waals surface area contributed by atoms with Crippen LogP contribution >= 0.6 is 23.4 Å². The van der Waals surface area contributed by atoms with Crippen LogP contribution in [-0.4, -0.2) is 16.5 Å². The van der Waals surface area contributed by atoms with E-state index in [-0.39, 0.29) is 11.5 Å². The number of nitrogens with zero attached hydrogens (tertiary/aromatic N) is 1. The lowest BCUT2D eigenvalue weighted by atomic mass is 10.0. The number of carbonyl (C=O) groups excluding carboxylic acids is 1. The maximum Gasteiger partial charge on any atom is 0.257 e. The quantitative estimate of drug-likeness (QED) is 0.353. The van der Waals surface area contributed by atoms with Gasteiger partial charge in [0.15, 0.2) is 11.4 Å². The van der Waals surface area contributed by atoms with Crippen molar-refractivity contribution in [1.29, 1.82) is 0 Å². The second kappa shape index (κ2) is 6.30. The third kappa shape index (κ3) is 2.90. The Bertz CT molecular complexity index is 1050. The van der Waals surface area contributed by atoms with E-state index in [1.54, 1.807) is 18.2 Å². The molecule has 118 valence electrons. The molecule has 0 bridgehead atoms. The highest BCUT2D eigenvalue weighted by Gasteiger charge is 2.13. The molecule has 3 nitrogen and oxygen atoms in total. The number of ketones is 1. The summed E-state index contributed by atoms with van der Waals surface area (Å²) in [5.41, 5.74) is 2.09. The molecule has 0 fully saturated rings. The van der Waals surface area contributed by atoms with Gasteiger partial charge in [0.1, 0.15) is 5.52 Å². The van der Waals surface area contributed by atoms with E-state index in [0.717, 1.165) is 16.3 Å². The standard InChI is InChI=1S/C19H12ClNO2S/c20-13-8-9-18-16(10-13)21-19(23-18)24-11-17(22)15-7-3-5-12-4-1-2-6-14(12)15/h1-10H,11H2. The molecule has 0 spiro atoms. The number of aromatic nitrogens is 1. The molecule has 0 saturated heterocycles. The predicted octanol–water partition coefficient (Wildman–Crippen LogP) is 5.61. The van der Waals surface area contributed by atoms with Gasteiger partial charge >= 0.3 is 0 Å². The Morgan fingerprint density at radius 1 is 1.08 bits per heavy atom. The molecule has 0 aliphatic heterocycles. The first kappa shape index (κ1) is 15.2. The van der Waals surface area contributed by atoms with Crippen LogP contribution in [0.15, 0.2) is 70.3 Å². The van der Waals surface area contributed by atoms with E-state index in [0.29, 0.717) is 21.3 Å². The molecule has 1 aromatic heterocycles. The maximum absolute atomic E-state index is 12.6. The number of Topliss-reactive ketones (excluding diaryl/α,β-unsaturated/α-hetero) is 1. The van der Waals surface area contributed by atoms with Gasteiger partial charge in [-0.15, -0.1) is 0 Å². The van der Waals surface area contributed by atoms with Crippen LogP contribution in [0.5, 0.6) is 0 Å². The van der Waals surface area contributed by atoms with Gasteiger partial charge in [-0.1, -0.05) is 65.8 Å². The lowest BCUT2D eigenvalue weighted by Crippen LogP contribution is -2.03. The Morgan fingerprint density at radius 3 is 2.83 bits per heavy atom. The Hall–Kier alpha value is -2.30. The first-order valence-electron chi connectivity index (χ1n) is 7.40. The van der Waals surface area contributed by atoms with Crippen LogP contribution in [0.4, 0.5) is 0 Å². The maximum atomic E-state index is 12.6. The smallest absolute Gasteiger partial charge is 0.257 e. The summed E-state index contributed by atoms with van der Waals surface area (Å²) < 4.78 is 5.64. The van der Waals surface area contributed by atoms with Gasteiger partial charge in [-0.2, -0.15) is 0 Å². The zero-order valence-electron chi connectivity index (χ0n) is 12.5. The van der Waals surface area contributed by atoms with Gasteiger partial charge in [0, 0.05) is 10.6 Å². The van der Waals surface area contributed by atoms with Gasteiger partial charge in [-0.3, -0.25) is 4.79 Å². The van der Waals surface area contributed by atoms with Crippen molar-refractivity contribution in [2.24, 2.45) is 0 Å². The zero-order valence-corrected chi connectivity index (χ0v) is 14.1. The highest BCUT2D eigenvalue weighted by atomic mass is 35.5. The number of fused-ring (bicyclic) bond motifs is 2. The summed E-state index contributed by atoms with van der Waals surface area (Å²) >= 11 is 7.24. The second-order valence-corrected chi connectivity index (χ2v) is 6.69. The van der Waals surface area contributed by atoms with E-state index in [1.807, 2.05) is 42.5 Å². The number of thioether (sulfide) groups is 1. The fraction of sp³-hybridized carbons (Fsp3) is 0.0526. The molecule has 5 heteroatoms. The molecule has 0 N–H and O–H groups in total. The number of carbonyl (C=O) groups is 1. The molecule has 24 heavy (non-hydrogen) atoms. The Balaban J connectivity index is 1.57. The number of halogens is 1. The summed E-state index contributed by atoms with van der Waals surface area (Å²) in [4.78, 5) is 17.0. The van der Waals surface area contributed by atoms with Crippen LogP contribution in [0.25, 0.3) is 21.9 Å². The van der Waals surface area contributed by atoms with Gasteiger partial charge in [0.05, 0.1) is 5.75 Å². The molecule has 0 radical (unpaired) electrons. The topological polar surface area (TPSA) is 43.1 Å². The summed E-state index contributed by atoms with van der Waals surface area (Å²) in [5, 5.41) is 3.11. The number of benzene rings is 3. The summed E-state index contributed by atoms with van der Waals surface area (Å²) in [5.74, 6) is 0.325. The van der Waals surface area contributed by atoms with Crippen LogP contribution in [-0.2, 0) is 0 Å². The molecule has 0 unspecified atom stereocenters. The fourth-order valence-electron chi connectivity index (χ4n) is 2.61. The van der Waals surface area contributed by atoms with Gasteiger partial charge in [0.2, 0.25) is 0 Å². The van der Waals surface area contributed by atoms with E-state index in [1.165, 1.54) is 11.8 Å². The molecule has 0 amide bonds. The van der Waals surface area contributed by atoms with E-state index >= 15 is 0 Å². The second-order valence-electron chi connectivity index (χ2n) is 5.33. The van der Waals surface area contributed by atoms with Crippen LogP contribution < -0.4 is 0 Å². The van der Waals surface area contributed by atoms with Crippen LogP contribution in [0.2, 0.25) is 5.02 Å². The van der Waals surface area contributed by atoms with Crippen LogP contribution in [0.1, 0.15) is 10.4 Å². The van der Waals surface area contributed by atoms with Crippen molar-refractivity contribution >= 4 is 51.0 Å². The van der Waals surface area contributed by atoms with Crippen LogP contribution in [0.3, 0.4) is 0 Å². The number of rotatable bonds is 4. The molecular weight excluding hydrogens is 342 g/mol. The summed E-state index contributed by atoms with van der Waals surface area (Å²) in [6.45, 7) is 0. The van der Waals surface area contributed by atoms with Crippen molar-refractivity contribution < 1.29 is 9.21 Å². The molecule has 3 aromatic carbocycles. The molecule has 0 atom stereocenters. The molecule has 4 aromatic rings. The average Bonchev–Trinajstić information content (AvgIpc) is 3.01. The molecule has 0 aliphatic rings. The number of hydrogen-bond acceptors (Lipinski definition) is 4. The van der Waals surface area contributed by atoms with E-state index in [9.17, 15) is 4.79 Å². The third-order valence-corrected chi connectivity index (χ3v) is 4.81. The minimum Gasteiger partial charge on any atom is -0.431 e. The molecule has 0 saturated carbocycles. The van der Waals surface area contributed by atoms with E-state index in [2.05, 4.69) is 4.98 Å². The minimum absolute atomic E-state index is 0.0529. The van der Waals surface area contributed by atoms with Gasteiger partial charge < -0.3 is 4.42 Å². The van der Waals surface area contributed by atoms with Crippen molar-refractivity contribution in [2.75, 3.05) is 5.75 Å². The Morgan fingerprint density at radius 2 is 1.92 bits per heavy atom. The van der Waals surface area contributed by atoms with Crippen LogP contribution in [0, 0.1) is 0 Å². The fourth-order valence-corrected chi connectivity index (χ4v) is 3.50. The van der Waals surface area contributed by atoms with Gasteiger partial charge in [-0.25, -0.2) is 4.98 Å². The van der Waals surface area contributed by atoms with Crippen molar-refractivity contribution in [2.45, 2.75) is 5.22 Å².